The van der Waals surface area contributed by atoms with Gasteiger partial charge < -0.3 is 14.4 Å². The van der Waals surface area contributed by atoms with E-state index in [2.05, 4.69) is 15.4 Å². The first-order chi connectivity index (χ1) is 14.8. The summed E-state index contributed by atoms with van der Waals surface area (Å²) in [5, 5.41) is 5.47. The van der Waals surface area contributed by atoms with E-state index in [1.54, 1.807) is 11.1 Å². The molecule has 1 saturated heterocycles. The van der Waals surface area contributed by atoms with E-state index in [-0.39, 0.29) is 17.8 Å². The van der Waals surface area contributed by atoms with Gasteiger partial charge in [-0.1, -0.05) is 12.1 Å². The number of carbonyl (C=O) groups excluding carboxylic acids is 1. The third-order valence-corrected chi connectivity index (χ3v) is 5.60. The third kappa shape index (κ3) is 4.71. The Balaban J connectivity index is 1.36. The van der Waals surface area contributed by atoms with Crippen LogP contribution in [0.3, 0.4) is 0 Å². The SMILES string of the molecule is COC1=NN(NC(=O)N2CCN(C3CCOc4cc(C(F)(F)F)ccc43)CC2)C=CC1. The van der Waals surface area contributed by atoms with Crippen molar-refractivity contribution in [1.82, 2.24) is 20.3 Å². The highest BCUT2D eigenvalue weighted by Gasteiger charge is 2.35. The maximum Gasteiger partial charge on any atom is 0.416 e. The molecule has 0 aliphatic carbocycles. The molecule has 3 aliphatic rings. The predicted molar refractivity (Wildman–Crippen MR) is 106 cm³/mol. The number of benzene rings is 1. The molecule has 3 aliphatic heterocycles. The molecule has 0 aromatic heterocycles. The van der Waals surface area contributed by atoms with Crippen molar-refractivity contribution in [3.05, 3.63) is 41.6 Å². The van der Waals surface area contributed by atoms with Crippen LogP contribution < -0.4 is 10.2 Å². The highest BCUT2D eigenvalue weighted by Crippen LogP contribution is 2.40. The van der Waals surface area contributed by atoms with Gasteiger partial charge in [-0.15, -0.1) is 5.10 Å². The average molecular weight is 439 g/mol. The summed E-state index contributed by atoms with van der Waals surface area (Å²) in [5.41, 5.74) is 2.76. The van der Waals surface area contributed by atoms with E-state index < -0.39 is 11.7 Å². The highest BCUT2D eigenvalue weighted by atomic mass is 19.4. The smallest absolute Gasteiger partial charge is 0.416 e. The molecule has 4 rings (SSSR count). The minimum Gasteiger partial charge on any atom is -0.493 e. The summed E-state index contributed by atoms with van der Waals surface area (Å²) >= 11 is 0. The van der Waals surface area contributed by atoms with Crippen molar-refractivity contribution < 1.29 is 27.4 Å². The average Bonchev–Trinajstić information content (AvgIpc) is 2.78. The zero-order chi connectivity index (χ0) is 22.0. The molecule has 0 saturated carbocycles. The van der Waals surface area contributed by atoms with Crippen LogP contribution in [-0.4, -0.2) is 66.7 Å². The van der Waals surface area contributed by atoms with Gasteiger partial charge in [0.25, 0.3) is 0 Å². The lowest BCUT2D eigenvalue weighted by Crippen LogP contribution is -2.54. The number of halogens is 3. The lowest BCUT2D eigenvalue weighted by Gasteiger charge is -2.41. The third-order valence-electron chi connectivity index (χ3n) is 5.60. The number of alkyl halides is 3. The first-order valence-electron chi connectivity index (χ1n) is 10.1. The summed E-state index contributed by atoms with van der Waals surface area (Å²) in [6.45, 7) is 2.58. The zero-order valence-corrected chi connectivity index (χ0v) is 17.1. The molecule has 1 unspecified atom stereocenters. The molecular weight excluding hydrogens is 415 g/mol. The van der Waals surface area contributed by atoms with Crippen LogP contribution in [0, 0.1) is 0 Å². The number of hydrogen-bond acceptors (Lipinski definition) is 6. The van der Waals surface area contributed by atoms with Gasteiger partial charge in [0, 0.05) is 56.8 Å². The topological polar surface area (TPSA) is 69.6 Å². The fraction of sp³-hybridized carbons (Fsp3) is 0.500. The van der Waals surface area contributed by atoms with Gasteiger partial charge in [-0.2, -0.15) is 18.3 Å². The fourth-order valence-electron chi connectivity index (χ4n) is 3.97. The van der Waals surface area contributed by atoms with E-state index >= 15 is 0 Å². The quantitative estimate of drug-likeness (QED) is 0.768. The summed E-state index contributed by atoms with van der Waals surface area (Å²) in [6, 6.07) is 3.38. The van der Waals surface area contributed by atoms with Crippen molar-refractivity contribution in [2.75, 3.05) is 39.9 Å². The number of methoxy groups -OCH3 is 1. The van der Waals surface area contributed by atoms with E-state index in [1.165, 1.54) is 18.3 Å². The number of fused-ring (bicyclic) bond motifs is 1. The van der Waals surface area contributed by atoms with Crippen LogP contribution >= 0.6 is 0 Å². The molecule has 1 N–H and O–H groups in total. The second-order valence-corrected chi connectivity index (χ2v) is 7.47. The highest BCUT2D eigenvalue weighted by molar-refractivity contribution is 5.78. The summed E-state index contributed by atoms with van der Waals surface area (Å²) in [6.07, 6.45) is 0.347. The Morgan fingerprint density at radius 3 is 2.74 bits per heavy atom. The van der Waals surface area contributed by atoms with Crippen LogP contribution in [-0.2, 0) is 10.9 Å². The molecule has 1 fully saturated rings. The molecular formula is C20H24F3N5O3. The molecule has 8 nitrogen and oxygen atoms in total. The molecule has 1 aromatic carbocycles. The molecule has 1 aromatic rings. The molecule has 31 heavy (non-hydrogen) atoms. The summed E-state index contributed by atoms with van der Waals surface area (Å²) in [5.74, 6) is 0.787. The van der Waals surface area contributed by atoms with Crippen molar-refractivity contribution >= 4 is 11.9 Å². The number of nitrogens with one attached hydrogen (secondary N) is 1. The number of nitrogens with zero attached hydrogens (tertiary/aromatic N) is 4. The molecule has 168 valence electrons. The maximum atomic E-state index is 13.0. The van der Waals surface area contributed by atoms with Gasteiger partial charge in [-0.05, 0) is 12.1 Å². The van der Waals surface area contributed by atoms with Crippen molar-refractivity contribution in [2.45, 2.75) is 25.1 Å². The van der Waals surface area contributed by atoms with Crippen molar-refractivity contribution in [2.24, 2.45) is 5.10 Å². The Hall–Kier alpha value is -2.95. The van der Waals surface area contributed by atoms with Gasteiger partial charge in [0.1, 0.15) is 5.75 Å². The molecule has 11 heteroatoms. The van der Waals surface area contributed by atoms with E-state index in [9.17, 15) is 18.0 Å². The Bertz CT molecular complexity index is 881. The fourth-order valence-corrected chi connectivity index (χ4v) is 3.97. The van der Waals surface area contributed by atoms with Crippen LogP contribution in [0.25, 0.3) is 0 Å². The van der Waals surface area contributed by atoms with Crippen LogP contribution in [0.1, 0.15) is 30.0 Å². The molecule has 2 amide bonds. The number of piperazine rings is 1. The summed E-state index contributed by atoms with van der Waals surface area (Å²) in [7, 11) is 1.52. The first-order valence-corrected chi connectivity index (χ1v) is 10.1. The number of hydrogen-bond donors (Lipinski definition) is 1. The summed E-state index contributed by atoms with van der Waals surface area (Å²) in [4.78, 5) is 16.4. The second-order valence-electron chi connectivity index (χ2n) is 7.47. The van der Waals surface area contributed by atoms with Crippen LogP contribution in [0.4, 0.5) is 18.0 Å². The van der Waals surface area contributed by atoms with Gasteiger partial charge in [-0.3, -0.25) is 4.90 Å². The van der Waals surface area contributed by atoms with Crippen molar-refractivity contribution in [1.29, 1.82) is 0 Å². The minimum atomic E-state index is -4.40. The number of carbonyl (C=O) groups is 1. The Morgan fingerprint density at radius 1 is 1.26 bits per heavy atom. The van der Waals surface area contributed by atoms with Gasteiger partial charge in [0.05, 0.1) is 19.3 Å². The number of ether oxygens (including phenoxy) is 2. The lowest BCUT2D eigenvalue weighted by molar-refractivity contribution is -0.137. The minimum absolute atomic E-state index is 0.0323. The first kappa shape index (κ1) is 21.3. The van der Waals surface area contributed by atoms with E-state index in [4.69, 9.17) is 9.47 Å². The second kappa shape index (κ2) is 8.66. The normalized spacial score (nSPS) is 21.8. The molecule has 0 radical (unpaired) electrons. The van der Waals surface area contributed by atoms with Crippen LogP contribution in [0.5, 0.6) is 5.75 Å². The maximum absolute atomic E-state index is 13.0. The number of urea groups is 1. The van der Waals surface area contributed by atoms with Crippen molar-refractivity contribution in [3.8, 4) is 5.75 Å². The molecule has 0 spiro atoms. The van der Waals surface area contributed by atoms with Gasteiger partial charge in [0.2, 0.25) is 5.90 Å². The van der Waals surface area contributed by atoms with Crippen LogP contribution in [0.15, 0.2) is 35.6 Å². The number of hydrazine groups is 1. The number of hydrazone groups is 1. The van der Waals surface area contributed by atoms with Gasteiger partial charge in [-0.25, -0.2) is 10.2 Å². The van der Waals surface area contributed by atoms with Gasteiger partial charge >= 0.3 is 12.2 Å². The van der Waals surface area contributed by atoms with Crippen molar-refractivity contribution in [3.63, 3.8) is 0 Å². The number of amides is 2. The van der Waals surface area contributed by atoms with E-state index in [1.807, 2.05) is 6.08 Å². The molecule has 3 heterocycles. The molecule has 0 bridgehead atoms. The zero-order valence-electron chi connectivity index (χ0n) is 17.1. The Kier molecular flexibility index (Phi) is 5.94. The Labute approximate surface area is 177 Å². The largest absolute Gasteiger partial charge is 0.493 e. The Morgan fingerprint density at radius 2 is 2.03 bits per heavy atom. The van der Waals surface area contributed by atoms with E-state index in [0.717, 1.165) is 17.7 Å². The monoisotopic (exact) mass is 439 g/mol. The molecule has 1 atom stereocenters. The summed E-state index contributed by atoms with van der Waals surface area (Å²) < 4.78 is 49.6. The van der Waals surface area contributed by atoms with E-state index in [0.29, 0.717) is 51.5 Å². The standard InChI is InChI=1S/C20H24F3N5O3/c1-30-18-3-2-7-28(24-18)25-19(29)27-10-8-26(9-11-27)16-6-12-31-17-13-14(20(21,22)23)4-5-15(16)17/h2,4-5,7,13,16H,3,6,8-12H2,1H3,(H,25,29). The number of rotatable bonds is 2. The van der Waals surface area contributed by atoms with Crippen LogP contribution in [0.2, 0.25) is 0 Å². The lowest BCUT2D eigenvalue weighted by atomic mass is 9.96. The predicted octanol–water partition coefficient (Wildman–Crippen LogP) is 2.95. The van der Waals surface area contributed by atoms with Gasteiger partial charge in [0.15, 0.2) is 0 Å².